The fraction of sp³-hybridized carbons (Fsp3) is 0.545. The van der Waals surface area contributed by atoms with Gasteiger partial charge in [-0.25, -0.2) is 0 Å². The van der Waals surface area contributed by atoms with Crippen LogP contribution >= 0.6 is 0 Å². The highest BCUT2D eigenvalue weighted by molar-refractivity contribution is 5.72. The summed E-state index contributed by atoms with van der Waals surface area (Å²) in [6.45, 7) is 7.71. The second kappa shape index (κ2) is 3.48. The van der Waals surface area contributed by atoms with Crippen LogP contribution in [-0.2, 0) is 0 Å². The molecule has 0 saturated heterocycles. The van der Waals surface area contributed by atoms with E-state index in [1.807, 2.05) is 12.4 Å². The summed E-state index contributed by atoms with van der Waals surface area (Å²) in [4.78, 5) is 6.55. The molecule has 1 N–H and O–H groups in total. The molecule has 1 aliphatic heterocycles. The molecular weight excluding hydrogens is 174 g/mol. The Morgan fingerprint density at radius 2 is 2.29 bits per heavy atom. The molecule has 3 heteroatoms. The Balaban J connectivity index is 2.42. The zero-order valence-corrected chi connectivity index (χ0v) is 8.99. The fourth-order valence-electron chi connectivity index (χ4n) is 2.06. The molecule has 2 unspecified atom stereocenters. The monoisotopic (exact) mass is 191 g/mol. The summed E-state index contributed by atoms with van der Waals surface area (Å²) < 4.78 is 0. The lowest BCUT2D eigenvalue weighted by molar-refractivity contribution is 0.562. The Labute approximate surface area is 85.1 Å². The first-order valence-corrected chi connectivity index (χ1v) is 5.21. The fourth-order valence-corrected chi connectivity index (χ4v) is 2.06. The summed E-state index contributed by atoms with van der Waals surface area (Å²) in [5.41, 5.74) is 2.42. The summed E-state index contributed by atoms with van der Waals surface area (Å²) in [5.74, 6) is 0. The summed E-state index contributed by atoms with van der Waals surface area (Å²) in [5, 5.41) is 3.47. The van der Waals surface area contributed by atoms with Gasteiger partial charge in [0, 0.05) is 24.8 Å². The normalized spacial score (nSPS) is 25.5. The predicted octanol–water partition coefficient (Wildman–Crippen LogP) is 2.11. The van der Waals surface area contributed by atoms with Gasteiger partial charge in [0.25, 0.3) is 0 Å². The van der Waals surface area contributed by atoms with Crippen molar-refractivity contribution in [3.8, 4) is 0 Å². The van der Waals surface area contributed by atoms with Crippen LogP contribution in [0.3, 0.4) is 0 Å². The van der Waals surface area contributed by atoms with Gasteiger partial charge in [-0.15, -0.1) is 0 Å². The van der Waals surface area contributed by atoms with Gasteiger partial charge in [0.15, 0.2) is 0 Å². The van der Waals surface area contributed by atoms with Crippen molar-refractivity contribution >= 4 is 11.4 Å². The maximum Gasteiger partial charge on any atom is 0.0767 e. The van der Waals surface area contributed by atoms with Crippen molar-refractivity contribution in [1.29, 1.82) is 0 Å². The molecule has 1 aromatic heterocycles. The molecule has 2 rings (SSSR count). The number of nitrogens with one attached hydrogen (secondary N) is 1. The molecule has 2 atom stereocenters. The highest BCUT2D eigenvalue weighted by atomic mass is 15.2. The quantitative estimate of drug-likeness (QED) is 0.737. The Morgan fingerprint density at radius 1 is 1.50 bits per heavy atom. The lowest BCUT2D eigenvalue weighted by Crippen LogP contribution is -2.47. The molecule has 0 spiro atoms. The Kier molecular flexibility index (Phi) is 2.32. The molecule has 1 aromatic rings. The van der Waals surface area contributed by atoms with Gasteiger partial charge in [0.1, 0.15) is 0 Å². The number of fused-ring (bicyclic) bond motifs is 1. The summed E-state index contributed by atoms with van der Waals surface area (Å²) in [7, 11) is 0. The topological polar surface area (TPSA) is 28.2 Å². The van der Waals surface area contributed by atoms with Crippen molar-refractivity contribution in [3.63, 3.8) is 0 Å². The Morgan fingerprint density at radius 3 is 3.00 bits per heavy atom. The van der Waals surface area contributed by atoms with Crippen molar-refractivity contribution in [2.75, 3.05) is 16.8 Å². The molecule has 0 saturated carbocycles. The van der Waals surface area contributed by atoms with Crippen molar-refractivity contribution in [2.24, 2.45) is 0 Å². The summed E-state index contributed by atoms with van der Waals surface area (Å²) >= 11 is 0. The molecule has 14 heavy (non-hydrogen) atoms. The maximum atomic E-state index is 4.14. The highest BCUT2D eigenvalue weighted by Gasteiger charge is 2.26. The molecule has 1 aliphatic rings. The van der Waals surface area contributed by atoms with Gasteiger partial charge >= 0.3 is 0 Å². The van der Waals surface area contributed by atoms with Crippen LogP contribution in [0.25, 0.3) is 0 Å². The maximum absolute atomic E-state index is 4.14. The molecule has 0 amide bonds. The molecule has 0 aliphatic carbocycles. The van der Waals surface area contributed by atoms with Crippen molar-refractivity contribution in [1.82, 2.24) is 4.98 Å². The van der Waals surface area contributed by atoms with Crippen LogP contribution in [0.15, 0.2) is 18.5 Å². The molecular formula is C11H17N3. The van der Waals surface area contributed by atoms with Crippen molar-refractivity contribution in [2.45, 2.75) is 32.9 Å². The third kappa shape index (κ3) is 1.33. The SMILES string of the molecule is CCN1c2ccncc2NC(C)C1C. The molecule has 76 valence electrons. The van der Waals surface area contributed by atoms with E-state index < -0.39 is 0 Å². The lowest BCUT2D eigenvalue weighted by atomic mass is 10.0. The van der Waals surface area contributed by atoms with Crippen LogP contribution in [0.4, 0.5) is 11.4 Å². The lowest BCUT2D eigenvalue weighted by Gasteiger charge is -2.40. The van der Waals surface area contributed by atoms with E-state index >= 15 is 0 Å². The van der Waals surface area contributed by atoms with Crippen molar-refractivity contribution in [3.05, 3.63) is 18.5 Å². The smallest absolute Gasteiger partial charge is 0.0767 e. The number of rotatable bonds is 1. The van der Waals surface area contributed by atoms with Crippen LogP contribution in [0, 0.1) is 0 Å². The number of likely N-dealkylation sites (N-methyl/N-ethyl adjacent to an activating group) is 1. The number of hydrogen-bond donors (Lipinski definition) is 1. The second-order valence-electron chi connectivity index (χ2n) is 3.85. The van der Waals surface area contributed by atoms with Gasteiger partial charge in [0.05, 0.1) is 17.6 Å². The first-order valence-electron chi connectivity index (χ1n) is 5.21. The zero-order chi connectivity index (χ0) is 10.1. The van der Waals surface area contributed by atoms with Crippen LogP contribution in [0.5, 0.6) is 0 Å². The average Bonchev–Trinajstić information content (AvgIpc) is 2.20. The van der Waals surface area contributed by atoms with Crippen LogP contribution in [0.1, 0.15) is 20.8 Å². The summed E-state index contributed by atoms with van der Waals surface area (Å²) in [6.07, 6.45) is 3.76. The third-order valence-corrected chi connectivity index (χ3v) is 3.05. The van der Waals surface area contributed by atoms with E-state index in [1.165, 1.54) is 5.69 Å². The number of aromatic nitrogens is 1. The second-order valence-corrected chi connectivity index (χ2v) is 3.85. The van der Waals surface area contributed by atoms with Gasteiger partial charge in [0.2, 0.25) is 0 Å². The zero-order valence-electron chi connectivity index (χ0n) is 8.99. The van der Waals surface area contributed by atoms with Gasteiger partial charge in [-0.2, -0.15) is 0 Å². The van der Waals surface area contributed by atoms with Gasteiger partial charge in [-0.1, -0.05) is 0 Å². The van der Waals surface area contributed by atoms with Gasteiger partial charge < -0.3 is 10.2 Å². The molecule has 0 radical (unpaired) electrons. The largest absolute Gasteiger partial charge is 0.378 e. The number of nitrogens with zero attached hydrogens (tertiary/aromatic N) is 2. The van der Waals surface area contributed by atoms with Gasteiger partial charge in [-0.3, -0.25) is 4.98 Å². The number of anilines is 2. The standard InChI is InChI=1S/C11H17N3/c1-4-14-9(3)8(2)13-10-7-12-6-5-11(10)14/h5-9,13H,4H2,1-3H3. The van der Waals surface area contributed by atoms with E-state index in [-0.39, 0.29) is 0 Å². The third-order valence-electron chi connectivity index (χ3n) is 3.05. The van der Waals surface area contributed by atoms with Crippen LogP contribution in [0.2, 0.25) is 0 Å². The number of pyridine rings is 1. The highest BCUT2D eigenvalue weighted by Crippen LogP contribution is 2.32. The van der Waals surface area contributed by atoms with E-state index in [2.05, 4.69) is 42.0 Å². The molecule has 3 nitrogen and oxygen atoms in total. The Bertz CT molecular complexity index is 324. The van der Waals surface area contributed by atoms with E-state index in [0.29, 0.717) is 12.1 Å². The minimum absolute atomic E-state index is 0.478. The minimum atomic E-state index is 0.478. The predicted molar refractivity (Wildman–Crippen MR) is 59.8 cm³/mol. The first-order chi connectivity index (χ1) is 6.74. The minimum Gasteiger partial charge on any atom is -0.378 e. The molecule has 2 heterocycles. The van der Waals surface area contributed by atoms with E-state index in [4.69, 9.17) is 0 Å². The average molecular weight is 191 g/mol. The van der Waals surface area contributed by atoms with Gasteiger partial charge in [-0.05, 0) is 26.8 Å². The first kappa shape index (κ1) is 9.31. The van der Waals surface area contributed by atoms with Crippen LogP contribution in [-0.4, -0.2) is 23.6 Å². The van der Waals surface area contributed by atoms with E-state index in [1.54, 1.807) is 0 Å². The Hall–Kier alpha value is -1.25. The van der Waals surface area contributed by atoms with Crippen molar-refractivity contribution < 1.29 is 0 Å². The summed E-state index contributed by atoms with van der Waals surface area (Å²) in [6, 6.07) is 3.09. The molecule has 0 aromatic carbocycles. The van der Waals surface area contributed by atoms with E-state index in [9.17, 15) is 0 Å². The van der Waals surface area contributed by atoms with E-state index in [0.717, 1.165) is 12.2 Å². The molecule has 0 bridgehead atoms. The van der Waals surface area contributed by atoms with Crippen LogP contribution < -0.4 is 10.2 Å². The number of hydrogen-bond acceptors (Lipinski definition) is 3. The molecule has 0 fully saturated rings.